The van der Waals surface area contributed by atoms with Crippen LogP contribution in [0, 0.1) is 29.1 Å². The molecule has 4 aliphatic rings. The van der Waals surface area contributed by atoms with E-state index >= 15 is 0 Å². The van der Waals surface area contributed by atoms with Gasteiger partial charge in [0.1, 0.15) is 5.75 Å². The van der Waals surface area contributed by atoms with Crippen LogP contribution in [0.2, 0.25) is 0 Å². The largest absolute Gasteiger partial charge is 0.508 e. The van der Waals surface area contributed by atoms with Gasteiger partial charge in [0.15, 0.2) is 0 Å². The highest BCUT2D eigenvalue weighted by Gasteiger charge is 2.68. The number of likely N-dealkylation sites (tertiary alicyclic amines) is 1. The van der Waals surface area contributed by atoms with Gasteiger partial charge in [0.25, 0.3) is 0 Å². The number of para-hydroxylation sites is 1. The molecule has 5 amide bonds. The molecule has 2 heterocycles. The molecule has 6 unspecified atom stereocenters. The van der Waals surface area contributed by atoms with Crippen LogP contribution in [-0.2, 0) is 23.9 Å². The van der Waals surface area contributed by atoms with E-state index in [2.05, 4.69) is 0 Å². The summed E-state index contributed by atoms with van der Waals surface area (Å²) in [7, 11) is 1.11. The Morgan fingerprint density at radius 3 is 2.29 bits per heavy atom. The molecule has 2 aliphatic carbocycles. The Bertz CT molecular complexity index is 1420. The molecule has 3 fully saturated rings. The van der Waals surface area contributed by atoms with Crippen LogP contribution in [0.1, 0.15) is 31.2 Å². The van der Waals surface area contributed by atoms with E-state index in [0.717, 1.165) is 18.2 Å². The Morgan fingerprint density at radius 1 is 0.947 bits per heavy atom. The molecule has 0 bridgehead atoms. The van der Waals surface area contributed by atoms with Crippen molar-refractivity contribution >= 4 is 35.4 Å². The van der Waals surface area contributed by atoms with E-state index in [4.69, 9.17) is 4.74 Å². The standard InChI is InChI=1S/C29H26N2O7/c1-29-21(25(34)30(27(29)36)16-6-4-3-5-7-16)14-20-18(23(29)15-8-10-17(32)11-9-15)12-13-19-22(20)26(35)31(24(19)33)28(37)38-2/h3-12,19-23,32H,13-14H2,1-2H3. The molecule has 0 aromatic heterocycles. The fourth-order valence-corrected chi connectivity index (χ4v) is 7.16. The molecule has 6 atom stereocenters. The average molecular weight is 515 g/mol. The summed E-state index contributed by atoms with van der Waals surface area (Å²) in [6, 6.07) is 15.3. The molecule has 2 aromatic rings. The maximum atomic E-state index is 14.2. The highest BCUT2D eigenvalue weighted by molar-refractivity contribution is 6.24. The Hall–Kier alpha value is -4.27. The van der Waals surface area contributed by atoms with Gasteiger partial charge in [0.05, 0.1) is 36.0 Å². The van der Waals surface area contributed by atoms with Gasteiger partial charge in [-0.1, -0.05) is 42.0 Å². The second kappa shape index (κ2) is 8.37. The first kappa shape index (κ1) is 24.1. The number of allylic oxidation sites excluding steroid dienone is 2. The van der Waals surface area contributed by atoms with Gasteiger partial charge < -0.3 is 9.84 Å². The summed E-state index contributed by atoms with van der Waals surface area (Å²) in [5, 5.41) is 9.94. The number of fused-ring (bicyclic) bond motifs is 4. The zero-order valence-corrected chi connectivity index (χ0v) is 20.9. The Labute approximate surface area is 218 Å². The van der Waals surface area contributed by atoms with E-state index in [1.54, 1.807) is 49.4 Å². The third-order valence-electron chi connectivity index (χ3n) is 8.87. The molecule has 9 nitrogen and oxygen atoms in total. The summed E-state index contributed by atoms with van der Waals surface area (Å²) in [4.78, 5) is 68.8. The van der Waals surface area contributed by atoms with Gasteiger partial charge in [0, 0.05) is 5.92 Å². The van der Waals surface area contributed by atoms with Crippen molar-refractivity contribution in [2.24, 2.45) is 29.1 Å². The van der Waals surface area contributed by atoms with Crippen LogP contribution in [-0.4, -0.2) is 46.8 Å². The molecule has 194 valence electrons. The van der Waals surface area contributed by atoms with E-state index < -0.39 is 52.9 Å². The molecule has 2 saturated heterocycles. The molecule has 1 N–H and O–H groups in total. The minimum atomic E-state index is -1.16. The molecule has 1 saturated carbocycles. The minimum absolute atomic E-state index is 0.0607. The second-order valence-corrected chi connectivity index (χ2v) is 10.6. The SMILES string of the molecule is COC(=O)N1C(=O)C2CC=C3C(CC4C(=O)N(c5ccccc5)C(=O)C4(C)C3c3ccc(O)cc3)C2C1=O. The number of carbonyl (C=O) groups is 5. The summed E-state index contributed by atoms with van der Waals surface area (Å²) >= 11 is 0. The fraction of sp³-hybridized carbons (Fsp3) is 0.345. The monoisotopic (exact) mass is 514 g/mol. The van der Waals surface area contributed by atoms with Crippen LogP contribution in [0.3, 0.4) is 0 Å². The van der Waals surface area contributed by atoms with Crippen molar-refractivity contribution in [1.82, 2.24) is 4.90 Å². The van der Waals surface area contributed by atoms with Crippen molar-refractivity contribution in [2.45, 2.75) is 25.7 Å². The van der Waals surface area contributed by atoms with Gasteiger partial charge in [-0.25, -0.2) is 9.69 Å². The Morgan fingerprint density at radius 2 is 1.63 bits per heavy atom. The number of hydrogen-bond acceptors (Lipinski definition) is 7. The summed E-state index contributed by atoms with van der Waals surface area (Å²) in [6.45, 7) is 1.80. The number of benzene rings is 2. The number of ether oxygens (including phenoxy) is 1. The number of phenolic OH excluding ortho intramolecular Hbond substituents is 1. The number of anilines is 1. The van der Waals surface area contributed by atoms with Gasteiger partial charge in [0.2, 0.25) is 23.6 Å². The van der Waals surface area contributed by atoms with E-state index in [1.807, 2.05) is 6.08 Å². The summed E-state index contributed by atoms with van der Waals surface area (Å²) in [5.41, 5.74) is 0.843. The zero-order valence-electron chi connectivity index (χ0n) is 20.9. The number of rotatable bonds is 2. The van der Waals surface area contributed by atoms with Gasteiger partial charge in [-0.3, -0.25) is 19.2 Å². The van der Waals surface area contributed by atoms with E-state index in [0.29, 0.717) is 10.6 Å². The fourth-order valence-electron chi connectivity index (χ4n) is 7.16. The van der Waals surface area contributed by atoms with E-state index in [1.165, 1.54) is 17.0 Å². The van der Waals surface area contributed by atoms with Crippen molar-refractivity contribution in [1.29, 1.82) is 0 Å². The molecule has 9 heteroatoms. The smallest absolute Gasteiger partial charge is 0.423 e. The first-order chi connectivity index (χ1) is 18.2. The summed E-state index contributed by atoms with van der Waals surface area (Å²) in [6.07, 6.45) is 1.31. The lowest BCUT2D eigenvalue weighted by Gasteiger charge is -2.49. The third kappa shape index (κ3) is 3.07. The minimum Gasteiger partial charge on any atom is -0.508 e. The number of imide groups is 4. The molecule has 2 aromatic carbocycles. The van der Waals surface area contributed by atoms with Crippen molar-refractivity contribution in [3.63, 3.8) is 0 Å². The predicted octanol–water partition coefficient (Wildman–Crippen LogP) is 3.39. The van der Waals surface area contributed by atoms with Crippen molar-refractivity contribution in [2.75, 3.05) is 12.0 Å². The van der Waals surface area contributed by atoms with Crippen LogP contribution in [0.4, 0.5) is 10.5 Å². The van der Waals surface area contributed by atoms with Crippen LogP contribution < -0.4 is 4.90 Å². The van der Waals surface area contributed by atoms with Crippen LogP contribution >= 0.6 is 0 Å². The lowest BCUT2D eigenvalue weighted by Crippen LogP contribution is -2.49. The number of aromatic hydroxyl groups is 1. The number of carbonyl (C=O) groups excluding carboxylic acids is 5. The third-order valence-corrected chi connectivity index (χ3v) is 8.87. The van der Waals surface area contributed by atoms with Gasteiger partial charge in [-0.2, -0.15) is 4.90 Å². The van der Waals surface area contributed by atoms with Gasteiger partial charge >= 0.3 is 6.09 Å². The first-order valence-corrected chi connectivity index (χ1v) is 12.6. The lowest BCUT2D eigenvalue weighted by molar-refractivity contribution is -0.138. The normalized spacial score (nSPS) is 32.1. The Kier molecular flexibility index (Phi) is 5.31. The van der Waals surface area contributed by atoms with Crippen molar-refractivity contribution < 1.29 is 33.8 Å². The number of amides is 5. The summed E-state index contributed by atoms with van der Waals surface area (Å²) in [5.74, 6) is -5.29. The number of methoxy groups -OCH3 is 1. The second-order valence-electron chi connectivity index (χ2n) is 10.6. The molecule has 2 aliphatic heterocycles. The first-order valence-electron chi connectivity index (χ1n) is 12.6. The number of hydrogen-bond donors (Lipinski definition) is 1. The van der Waals surface area contributed by atoms with Crippen LogP contribution in [0.15, 0.2) is 66.2 Å². The maximum Gasteiger partial charge on any atom is 0.423 e. The molecular formula is C29H26N2O7. The van der Waals surface area contributed by atoms with Crippen LogP contribution in [0.25, 0.3) is 0 Å². The lowest BCUT2D eigenvalue weighted by atomic mass is 9.51. The van der Waals surface area contributed by atoms with E-state index in [-0.39, 0.29) is 30.4 Å². The number of phenols is 1. The predicted molar refractivity (Wildman–Crippen MR) is 133 cm³/mol. The molecule has 38 heavy (non-hydrogen) atoms. The molecule has 0 spiro atoms. The highest BCUT2D eigenvalue weighted by Crippen LogP contribution is 2.63. The van der Waals surface area contributed by atoms with Gasteiger partial charge in [-0.05, 0) is 55.5 Å². The van der Waals surface area contributed by atoms with Crippen LogP contribution in [0.5, 0.6) is 5.75 Å². The topological polar surface area (TPSA) is 121 Å². The van der Waals surface area contributed by atoms with Crippen molar-refractivity contribution in [3.05, 3.63) is 71.8 Å². The Balaban J connectivity index is 1.51. The average Bonchev–Trinajstić information content (AvgIpc) is 3.29. The highest BCUT2D eigenvalue weighted by atomic mass is 16.5. The maximum absolute atomic E-state index is 14.2. The summed E-state index contributed by atoms with van der Waals surface area (Å²) < 4.78 is 4.70. The number of nitrogens with zero attached hydrogens (tertiary/aromatic N) is 2. The molecule has 6 rings (SSSR count). The molecule has 0 radical (unpaired) electrons. The quantitative estimate of drug-likeness (QED) is 0.482. The van der Waals surface area contributed by atoms with E-state index in [9.17, 15) is 29.1 Å². The molecular weight excluding hydrogens is 488 g/mol. The van der Waals surface area contributed by atoms with Gasteiger partial charge in [-0.15, -0.1) is 0 Å². The zero-order chi connectivity index (χ0) is 26.9. The van der Waals surface area contributed by atoms with Crippen molar-refractivity contribution in [3.8, 4) is 5.75 Å².